The third kappa shape index (κ3) is 3.06. The van der Waals surface area contributed by atoms with Crippen LogP contribution >= 0.6 is 0 Å². The van der Waals surface area contributed by atoms with Crippen LogP contribution in [0.15, 0.2) is 24.5 Å². The highest BCUT2D eigenvalue weighted by molar-refractivity contribution is 5.72. The van der Waals surface area contributed by atoms with Crippen LogP contribution in [0.5, 0.6) is 5.88 Å². The van der Waals surface area contributed by atoms with Crippen LogP contribution in [0.2, 0.25) is 0 Å². The number of nitrogens with zero attached hydrogens (tertiary/aromatic N) is 2. The van der Waals surface area contributed by atoms with Crippen molar-refractivity contribution in [3.8, 4) is 5.88 Å². The van der Waals surface area contributed by atoms with Crippen molar-refractivity contribution in [1.82, 2.24) is 9.97 Å². The molecule has 0 unspecified atom stereocenters. The van der Waals surface area contributed by atoms with E-state index in [0.29, 0.717) is 6.61 Å². The maximum Gasteiger partial charge on any atom is 0.242 e. The van der Waals surface area contributed by atoms with Crippen LogP contribution in [0.25, 0.3) is 0 Å². The molecule has 19 heavy (non-hydrogen) atoms. The summed E-state index contributed by atoms with van der Waals surface area (Å²) in [4.78, 5) is 7.76. The molecule has 0 amide bonds. The van der Waals surface area contributed by atoms with E-state index in [4.69, 9.17) is 10.5 Å². The van der Waals surface area contributed by atoms with Crippen LogP contribution in [0.4, 0.5) is 26.0 Å². The molecule has 0 saturated heterocycles. The minimum absolute atomic E-state index is 0.175. The summed E-state index contributed by atoms with van der Waals surface area (Å²) in [5.74, 6) is -0.944. The van der Waals surface area contributed by atoms with E-state index in [0.717, 1.165) is 18.2 Å². The van der Waals surface area contributed by atoms with Crippen LogP contribution in [-0.4, -0.2) is 16.6 Å². The second-order valence-electron chi connectivity index (χ2n) is 3.66. The summed E-state index contributed by atoms with van der Waals surface area (Å²) in [6, 6.07) is 3.04. The number of nitrogens with two attached hydrogens (primary N) is 1. The zero-order chi connectivity index (χ0) is 13.8. The summed E-state index contributed by atoms with van der Waals surface area (Å²) < 4.78 is 31.3. The lowest BCUT2D eigenvalue weighted by Gasteiger charge is -2.11. The van der Waals surface area contributed by atoms with Gasteiger partial charge in [-0.1, -0.05) is 0 Å². The van der Waals surface area contributed by atoms with Gasteiger partial charge in [0.2, 0.25) is 5.88 Å². The second-order valence-corrected chi connectivity index (χ2v) is 3.66. The number of halogens is 2. The number of aromatic nitrogens is 2. The molecule has 0 spiro atoms. The molecule has 0 atom stereocenters. The van der Waals surface area contributed by atoms with E-state index in [1.165, 1.54) is 6.33 Å². The van der Waals surface area contributed by atoms with Crippen LogP contribution in [0, 0.1) is 11.6 Å². The zero-order valence-corrected chi connectivity index (χ0v) is 10.2. The van der Waals surface area contributed by atoms with Crippen LogP contribution in [0.3, 0.4) is 0 Å². The molecule has 5 nitrogen and oxygen atoms in total. The molecule has 0 aliphatic carbocycles. The molecule has 1 aromatic heterocycles. The minimum Gasteiger partial charge on any atom is -0.476 e. The number of benzene rings is 1. The van der Waals surface area contributed by atoms with Gasteiger partial charge >= 0.3 is 0 Å². The first-order chi connectivity index (χ1) is 9.10. The lowest BCUT2D eigenvalue weighted by atomic mass is 10.3. The maximum atomic E-state index is 13.1. The molecule has 100 valence electrons. The van der Waals surface area contributed by atoms with E-state index < -0.39 is 11.6 Å². The van der Waals surface area contributed by atoms with Gasteiger partial charge < -0.3 is 15.8 Å². The Morgan fingerprint density at radius 1 is 1.21 bits per heavy atom. The van der Waals surface area contributed by atoms with E-state index in [-0.39, 0.29) is 23.1 Å². The molecule has 0 radical (unpaired) electrons. The molecule has 3 N–H and O–H groups in total. The Kier molecular flexibility index (Phi) is 3.74. The molecule has 0 aliphatic heterocycles. The summed E-state index contributed by atoms with van der Waals surface area (Å²) in [5.41, 5.74) is 6.17. The SMILES string of the molecule is CCOc1ncnc(Nc2cc(F)cc(F)c2)c1N. The Morgan fingerprint density at radius 3 is 2.53 bits per heavy atom. The minimum atomic E-state index is -0.694. The van der Waals surface area contributed by atoms with Gasteiger partial charge in [0.1, 0.15) is 23.6 Å². The van der Waals surface area contributed by atoms with Crippen molar-refractivity contribution in [2.24, 2.45) is 0 Å². The van der Waals surface area contributed by atoms with Gasteiger partial charge in [0.25, 0.3) is 0 Å². The quantitative estimate of drug-likeness (QED) is 0.889. The number of ether oxygens (including phenoxy) is 1. The summed E-state index contributed by atoms with van der Waals surface area (Å²) in [6.07, 6.45) is 1.25. The van der Waals surface area contributed by atoms with Crippen molar-refractivity contribution in [3.63, 3.8) is 0 Å². The molecule has 0 fully saturated rings. The first-order valence-corrected chi connectivity index (χ1v) is 5.56. The van der Waals surface area contributed by atoms with Gasteiger partial charge in [-0.25, -0.2) is 13.8 Å². The number of hydrogen-bond donors (Lipinski definition) is 2. The van der Waals surface area contributed by atoms with Gasteiger partial charge in [0.15, 0.2) is 5.82 Å². The fourth-order valence-corrected chi connectivity index (χ4v) is 1.49. The van der Waals surface area contributed by atoms with Crippen molar-refractivity contribution >= 4 is 17.2 Å². The van der Waals surface area contributed by atoms with Crippen LogP contribution < -0.4 is 15.8 Å². The smallest absolute Gasteiger partial charge is 0.242 e. The largest absolute Gasteiger partial charge is 0.476 e. The maximum absolute atomic E-state index is 13.1. The van der Waals surface area contributed by atoms with E-state index in [2.05, 4.69) is 15.3 Å². The number of rotatable bonds is 4. The highest BCUT2D eigenvalue weighted by Crippen LogP contribution is 2.27. The molecule has 1 heterocycles. The van der Waals surface area contributed by atoms with Gasteiger partial charge in [-0.3, -0.25) is 0 Å². The molecule has 1 aromatic carbocycles. The molecule has 0 bridgehead atoms. The zero-order valence-electron chi connectivity index (χ0n) is 10.2. The number of anilines is 3. The molecule has 0 aliphatic rings. The Bertz CT molecular complexity index is 572. The fourth-order valence-electron chi connectivity index (χ4n) is 1.49. The van der Waals surface area contributed by atoms with Gasteiger partial charge in [0, 0.05) is 11.8 Å². The molecular weight excluding hydrogens is 254 g/mol. The van der Waals surface area contributed by atoms with Crippen molar-refractivity contribution in [2.45, 2.75) is 6.92 Å². The third-order valence-electron chi connectivity index (χ3n) is 2.25. The summed E-state index contributed by atoms with van der Waals surface area (Å²) in [6.45, 7) is 2.19. The first-order valence-electron chi connectivity index (χ1n) is 5.56. The predicted molar refractivity (Wildman–Crippen MR) is 67.3 cm³/mol. The van der Waals surface area contributed by atoms with Crippen molar-refractivity contribution in [1.29, 1.82) is 0 Å². The molecule has 2 aromatic rings. The Balaban J connectivity index is 2.30. The first kappa shape index (κ1) is 13.0. The van der Waals surface area contributed by atoms with Crippen molar-refractivity contribution in [2.75, 3.05) is 17.7 Å². The van der Waals surface area contributed by atoms with E-state index in [9.17, 15) is 8.78 Å². The lowest BCUT2D eigenvalue weighted by Crippen LogP contribution is -2.05. The van der Waals surface area contributed by atoms with E-state index >= 15 is 0 Å². The highest BCUT2D eigenvalue weighted by Gasteiger charge is 2.10. The normalized spacial score (nSPS) is 10.3. The predicted octanol–water partition coefficient (Wildman–Crippen LogP) is 2.48. The van der Waals surface area contributed by atoms with Gasteiger partial charge in [0.05, 0.1) is 6.61 Å². The number of hydrogen-bond acceptors (Lipinski definition) is 5. The summed E-state index contributed by atoms with van der Waals surface area (Å²) in [5, 5.41) is 2.72. The summed E-state index contributed by atoms with van der Waals surface area (Å²) >= 11 is 0. The van der Waals surface area contributed by atoms with Crippen molar-refractivity contribution in [3.05, 3.63) is 36.2 Å². The number of nitrogen functional groups attached to an aromatic ring is 1. The Hall–Kier alpha value is -2.44. The summed E-state index contributed by atoms with van der Waals surface area (Å²) in [7, 11) is 0. The topological polar surface area (TPSA) is 73.1 Å². The molecular formula is C12H12F2N4O. The van der Waals surface area contributed by atoms with Gasteiger partial charge in [-0.15, -0.1) is 0 Å². The molecule has 7 heteroatoms. The second kappa shape index (κ2) is 5.47. The average molecular weight is 266 g/mol. The Morgan fingerprint density at radius 2 is 1.89 bits per heavy atom. The molecule has 2 rings (SSSR count). The van der Waals surface area contributed by atoms with Crippen LogP contribution in [-0.2, 0) is 0 Å². The lowest BCUT2D eigenvalue weighted by molar-refractivity contribution is 0.328. The fraction of sp³-hybridized carbons (Fsp3) is 0.167. The number of nitrogens with one attached hydrogen (secondary N) is 1. The van der Waals surface area contributed by atoms with Gasteiger partial charge in [-0.05, 0) is 19.1 Å². The van der Waals surface area contributed by atoms with E-state index in [1.54, 1.807) is 6.92 Å². The molecule has 0 saturated carbocycles. The third-order valence-corrected chi connectivity index (χ3v) is 2.25. The van der Waals surface area contributed by atoms with Crippen LogP contribution in [0.1, 0.15) is 6.92 Å². The van der Waals surface area contributed by atoms with E-state index in [1.807, 2.05) is 0 Å². The van der Waals surface area contributed by atoms with Crippen molar-refractivity contribution < 1.29 is 13.5 Å². The standard InChI is InChI=1S/C12H12F2N4O/c1-2-19-12-10(15)11(16-6-17-12)18-9-4-7(13)3-8(14)5-9/h3-6H,2,15H2,1H3,(H,16,17,18). The average Bonchev–Trinajstić information content (AvgIpc) is 2.33. The monoisotopic (exact) mass is 266 g/mol. The van der Waals surface area contributed by atoms with Gasteiger partial charge in [-0.2, -0.15) is 4.98 Å². The Labute approximate surface area is 108 Å². The highest BCUT2D eigenvalue weighted by atomic mass is 19.1.